The summed E-state index contributed by atoms with van der Waals surface area (Å²) >= 11 is 0. The van der Waals surface area contributed by atoms with Crippen molar-refractivity contribution in [3.05, 3.63) is 44.6 Å². The molecule has 0 amide bonds. The highest BCUT2D eigenvalue weighted by Gasteiger charge is 2.11. The van der Waals surface area contributed by atoms with Gasteiger partial charge in [0.2, 0.25) is 0 Å². The number of nitrogen functional groups attached to an aromatic ring is 1. The SMILES string of the molecule is Cc1ccc2[nH]c3c(=O)n(N)c(=O)[nH]c3c2c1. The van der Waals surface area contributed by atoms with Crippen LogP contribution in [0.4, 0.5) is 0 Å². The average Bonchev–Trinajstić information content (AvgIpc) is 2.65. The van der Waals surface area contributed by atoms with E-state index < -0.39 is 11.2 Å². The largest absolute Gasteiger partial charge is 0.349 e. The summed E-state index contributed by atoms with van der Waals surface area (Å²) in [5.41, 5.74) is 1.51. The van der Waals surface area contributed by atoms with Crippen molar-refractivity contribution in [2.45, 2.75) is 6.92 Å². The van der Waals surface area contributed by atoms with Crippen molar-refractivity contribution in [2.24, 2.45) is 0 Å². The number of nitrogens with zero attached hydrogens (tertiary/aromatic N) is 1. The molecule has 3 aromatic rings. The molecule has 2 heterocycles. The van der Waals surface area contributed by atoms with Crippen molar-refractivity contribution in [1.29, 1.82) is 0 Å². The van der Waals surface area contributed by atoms with E-state index in [1.807, 2.05) is 25.1 Å². The first kappa shape index (κ1) is 9.71. The highest BCUT2D eigenvalue weighted by Crippen LogP contribution is 2.21. The normalized spacial score (nSPS) is 11.4. The lowest BCUT2D eigenvalue weighted by Crippen LogP contribution is -2.40. The van der Waals surface area contributed by atoms with Gasteiger partial charge in [-0.1, -0.05) is 11.6 Å². The maximum atomic E-state index is 11.8. The van der Waals surface area contributed by atoms with Crippen LogP contribution in [0.2, 0.25) is 0 Å². The van der Waals surface area contributed by atoms with Crippen LogP contribution in [0.1, 0.15) is 5.56 Å². The minimum Gasteiger partial charge on any atom is -0.349 e. The molecule has 17 heavy (non-hydrogen) atoms. The standard InChI is InChI=1S/C11H10N4O2/c1-5-2-3-7-6(4-5)8-9(13-7)10(16)15(12)11(17)14-8/h2-4,13H,12H2,1H3,(H,14,17). The molecule has 0 saturated carbocycles. The van der Waals surface area contributed by atoms with Crippen LogP contribution in [-0.2, 0) is 0 Å². The fourth-order valence-corrected chi connectivity index (χ4v) is 1.98. The van der Waals surface area contributed by atoms with Crippen LogP contribution in [0.5, 0.6) is 0 Å². The number of hydrogen-bond donors (Lipinski definition) is 3. The number of hydrogen-bond acceptors (Lipinski definition) is 3. The second-order valence-electron chi connectivity index (χ2n) is 4.03. The molecule has 0 unspecified atom stereocenters. The number of benzene rings is 1. The lowest BCUT2D eigenvalue weighted by molar-refractivity contribution is 0.855. The lowest BCUT2D eigenvalue weighted by atomic mass is 10.2. The Kier molecular flexibility index (Phi) is 1.72. The third-order valence-corrected chi connectivity index (χ3v) is 2.84. The minimum atomic E-state index is -0.620. The molecule has 0 aliphatic rings. The van der Waals surface area contributed by atoms with E-state index in [1.165, 1.54) is 0 Å². The first-order valence-electron chi connectivity index (χ1n) is 5.10. The van der Waals surface area contributed by atoms with Gasteiger partial charge in [0, 0.05) is 10.9 Å². The van der Waals surface area contributed by atoms with Crippen molar-refractivity contribution in [2.75, 3.05) is 5.84 Å². The number of fused-ring (bicyclic) bond motifs is 3. The highest BCUT2D eigenvalue weighted by molar-refractivity contribution is 6.04. The quantitative estimate of drug-likeness (QED) is 0.481. The molecule has 0 bridgehead atoms. The Morgan fingerprint density at radius 1 is 1.18 bits per heavy atom. The summed E-state index contributed by atoms with van der Waals surface area (Å²) in [5, 5.41) is 0.815. The molecule has 0 aliphatic heterocycles. The zero-order valence-corrected chi connectivity index (χ0v) is 9.07. The molecule has 3 rings (SSSR count). The van der Waals surface area contributed by atoms with Gasteiger partial charge in [0.25, 0.3) is 5.56 Å². The fraction of sp³-hybridized carbons (Fsp3) is 0.0909. The molecular formula is C11H10N4O2. The summed E-state index contributed by atoms with van der Waals surface area (Å²) in [6, 6.07) is 5.70. The number of aryl methyl sites for hydroxylation is 1. The average molecular weight is 230 g/mol. The van der Waals surface area contributed by atoms with Crippen LogP contribution in [0.15, 0.2) is 27.8 Å². The summed E-state index contributed by atoms with van der Waals surface area (Å²) in [6.45, 7) is 1.94. The Morgan fingerprint density at radius 2 is 1.94 bits per heavy atom. The minimum absolute atomic E-state index is 0.313. The van der Waals surface area contributed by atoms with E-state index in [1.54, 1.807) is 0 Å². The first-order chi connectivity index (χ1) is 8.08. The monoisotopic (exact) mass is 230 g/mol. The van der Waals surface area contributed by atoms with Gasteiger partial charge in [0.1, 0.15) is 5.52 Å². The Balaban J connectivity index is 2.67. The zero-order valence-electron chi connectivity index (χ0n) is 9.07. The number of H-pyrrole nitrogens is 2. The maximum absolute atomic E-state index is 11.8. The second kappa shape index (κ2) is 3.00. The van der Waals surface area contributed by atoms with Crippen molar-refractivity contribution in [1.82, 2.24) is 14.6 Å². The molecule has 86 valence electrons. The highest BCUT2D eigenvalue weighted by atomic mass is 16.2. The van der Waals surface area contributed by atoms with E-state index in [-0.39, 0.29) is 0 Å². The van der Waals surface area contributed by atoms with Gasteiger partial charge in [-0.3, -0.25) is 4.79 Å². The van der Waals surface area contributed by atoms with E-state index in [0.717, 1.165) is 16.5 Å². The van der Waals surface area contributed by atoms with Crippen LogP contribution in [0.3, 0.4) is 0 Å². The van der Waals surface area contributed by atoms with Crippen LogP contribution in [-0.4, -0.2) is 14.6 Å². The Labute approximate surface area is 94.7 Å². The molecule has 1 aromatic carbocycles. The van der Waals surface area contributed by atoms with E-state index in [0.29, 0.717) is 15.7 Å². The van der Waals surface area contributed by atoms with Crippen LogP contribution in [0.25, 0.3) is 21.9 Å². The molecular weight excluding hydrogens is 220 g/mol. The predicted octanol–water partition coefficient (Wildman–Crippen LogP) is 0.193. The van der Waals surface area contributed by atoms with Crippen LogP contribution >= 0.6 is 0 Å². The summed E-state index contributed by atoms with van der Waals surface area (Å²) in [4.78, 5) is 28.8. The van der Waals surface area contributed by atoms with E-state index in [9.17, 15) is 9.59 Å². The molecule has 0 saturated heterocycles. The number of nitrogens with one attached hydrogen (secondary N) is 2. The Hall–Kier alpha value is -2.50. The molecule has 6 heteroatoms. The maximum Gasteiger partial charge on any atom is 0.347 e. The van der Waals surface area contributed by atoms with Crippen LogP contribution in [0, 0.1) is 6.92 Å². The van der Waals surface area contributed by atoms with Gasteiger partial charge in [-0.25, -0.2) is 4.79 Å². The Bertz CT molecular complexity index is 853. The molecule has 0 radical (unpaired) electrons. The summed E-state index contributed by atoms with van der Waals surface area (Å²) in [5.74, 6) is 5.34. The molecule has 6 nitrogen and oxygen atoms in total. The van der Waals surface area contributed by atoms with Crippen molar-refractivity contribution in [3.8, 4) is 0 Å². The summed E-state index contributed by atoms with van der Waals surface area (Å²) in [7, 11) is 0. The third kappa shape index (κ3) is 1.20. The molecule has 0 aliphatic carbocycles. The van der Waals surface area contributed by atoms with Gasteiger partial charge in [-0.15, -0.1) is 0 Å². The number of nitrogens with two attached hydrogens (primary N) is 1. The third-order valence-electron chi connectivity index (χ3n) is 2.84. The van der Waals surface area contributed by atoms with Crippen molar-refractivity contribution >= 4 is 21.9 Å². The predicted molar refractivity (Wildman–Crippen MR) is 65.6 cm³/mol. The van der Waals surface area contributed by atoms with E-state index in [2.05, 4.69) is 9.97 Å². The topological polar surface area (TPSA) is 96.7 Å². The zero-order chi connectivity index (χ0) is 12.2. The molecule has 4 N–H and O–H groups in total. The Morgan fingerprint density at radius 3 is 2.71 bits per heavy atom. The first-order valence-corrected chi connectivity index (χ1v) is 5.10. The summed E-state index contributed by atoms with van der Waals surface area (Å²) < 4.78 is 0.560. The van der Waals surface area contributed by atoms with Crippen molar-refractivity contribution < 1.29 is 0 Å². The van der Waals surface area contributed by atoms with E-state index in [4.69, 9.17) is 5.84 Å². The second-order valence-corrected chi connectivity index (χ2v) is 4.03. The number of rotatable bonds is 0. The molecule has 0 spiro atoms. The number of aromatic nitrogens is 3. The number of aromatic amines is 2. The molecule has 0 fully saturated rings. The lowest BCUT2D eigenvalue weighted by Gasteiger charge is -1.96. The van der Waals surface area contributed by atoms with Gasteiger partial charge < -0.3 is 15.8 Å². The van der Waals surface area contributed by atoms with Crippen LogP contribution < -0.4 is 17.1 Å². The van der Waals surface area contributed by atoms with E-state index >= 15 is 0 Å². The molecule has 0 atom stereocenters. The van der Waals surface area contributed by atoms with Crippen molar-refractivity contribution in [3.63, 3.8) is 0 Å². The fourth-order valence-electron chi connectivity index (χ4n) is 1.98. The van der Waals surface area contributed by atoms with Gasteiger partial charge in [0.05, 0.1) is 5.52 Å². The van der Waals surface area contributed by atoms with Gasteiger partial charge in [0.15, 0.2) is 0 Å². The summed E-state index contributed by atoms with van der Waals surface area (Å²) in [6.07, 6.45) is 0. The van der Waals surface area contributed by atoms with Gasteiger partial charge in [-0.05, 0) is 19.1 Å². The molecule has 2 aromatic heterocycles. The smallest absolute Gasteiger partial charge is 0.347 e. The van der Waals surface area contributed by atoms with Gasteiger partial charge >= 0.3 is 5.69 Å². The van der Waals surface area contributed by atoms with Gasteiger partial charge in [-0.2, -0.15) is 4.68 Å².